The molecule has 0 radical (unpaired) electrons. The molecule has 2 aromatic carbocycles. The molecule has 0 aliphatic heterocycles. The van der Waals surface area contributed by atoms with Gasteiger partial charge in [-0.15, -0.1) is 0 Å². The van der Waals surface area contributed by atoms with E-state index in [0.29, 0.717) is 20.8 Å². The fraction of sp³-hybridized carbons (Fsp3) is 0.235. The van der Waals surface area contributed by atoms with E-state index in [2.05, 4.69) is 5.32 Å². The lowest BCUT2D eigenvalue weighted by molar-refractivity contribution is 0.289. The van der Waals surface area contributed by atoms with E-state index in [1.807, 2.05) is 45.0 Å². The van der Waals surface area contributed by atoms with Crippen molar-refractivity contribution in [2.45, 2.75) is 26.9 Å². The molecular formula is C17H17Cl2NOS. The summed E-state index contributed by atoms with van der Waals surface area (Å²) in [4.78, 5) is 0.590. The Morgan fingerprint density at radius 1 is 1.09 bits per heavy atom. The Bertz CT molecular complexity index is 686. The zero-order valence-electron chi connectivity index (χ0n) is 12.6. The minimum absolute atomic E-state index is 0.311. The smallest absolute Gasteiger partial charge is 0.146 e. The molecule has 0 bridgehead atoms. The molecule has 2 rings (SSSR count). The van der Waals surface area contributed by atoms with Gasteiger partial charge >= 0.3 is 0 Å². The Morgan fingerprint density at radius 3 is 2.36 bits per heavy atom. The standard InChI is InChI=1S/C17H17Cl2NOS/c1-10-4-6-13(7-5-10)20-17(22)12(3)21-15-9-8-14(18)11(2)16(15)19/h4-9,12H,1-3H3,(H,20,22). The molecule has 0 aliphatic rings. The van der Waals surface area contributed by atoms with Gasteiger partial charge in [0.1, 0.15) is 16.8 Å². The van der Waals surface area contributed by atoms with Gasteiger partial charge in [0.25, 0.3) is 0 Å². The largest absolute Gasteiger partial charge is 0.482 e. The molecule has 1 N–H and O–H groups in total. The van der Waals surface area contributed by atoms with Crippen LogP contribution < -0.4 is 10.1 Å². The predicted octanol–water partition coefficient (Wildman–Crippen LogP) is 5.82. The van der Waals surface area contributed by atoms with Gasteiger partial charge in [-0.2, -0.15) is 0 Å². The first-order valence-corrected chi connectivity index (χ1v) is 8.03. The Balaban J connectivity index is 2.05. The van der Waals surface area contributed by atoms with Gasteiger partial charge in [-0.3, -0.25) is 0 Å². The summed E-state index contributed by atoms with van der Waals surface area (Å²) in [5.41, 5.74) is 2.93. The lowest BCUT2D eigenvalue weighted by Gasteiger charge is -2.19. The third-order valence-corrected chi connectivity index (χ3v) is 4.59. The maximum absolute atomic E-state index is 6.25. The van der Waals surface area contributed by atoms with E-state index in [9.17, 15) is 0 Å². The van der Waals surface area contributed by atoms with Gasteiger partial charge in [-0.25, -0.2) is 0 Å². The molecule has 116 valence electrons. The number of rotatable bonds is 4. The van der Waals surface area contributed by atoms with E-state index < -0.39 is 0 Å². The number of benzene rings is 2. The van der Waals surface area contributed by atoms with Crippen molar-refractivity contribution < 1.29 is 4.74 Å². The number of hydrogen-bond donors (Lipinski definition) is 1. The molecule has 2 aromatic rings. The van der Waals surface area contributed by atoms with Crippen LogP contribution in [0.4, 0.5) is 5.69 Å². The van der Waals surface area contributed by atoms with Crippen molar-refractivity contribution in [2.24, 2.45) is 0 Å². The Labute approximate surface area is 146 Å². The number of hydrogen-bond acceptors (Lipinski definition) is 2. The fourth-order valence-electron chi connectivity index (χ4n) is 1.85. The monoisotopic (exact) mass is 353 g/mol. The first kappa shape index (κ1) is 17.1. The lowest BCUT2D eigenvalue weighted by Crippen LogP contribution is -2.28. The summed E-state index contributed by atoms with van der Waals surface area (Å²) < 4.78 is 5.84. The molecule has 0 aliphatic carbocycles. The van der Waals surface area contributed by atoms with Gasteiger partial charge in [-0.1, -0.05) is 53.1 Å². The molecule has 0 fully saturated rings. The zero-order valence-corrected chi connectivity index (χ0v) is 14.9. The molecule has 5 heteroatoms. The first-order chi connectivity index (χ1) is 10.4. The third-order valence-electron chi connectivity index (χ3n) is 3.28. The topological polar surface area (TPSA) is 21.3 Å². The summed E-state index contributed by atoms with van der Waals surface area (Å²) in [6, 6.07) is 11.5. The molecular weight excluding hydrogens is 337 g/mol. The number of aryl methyl sites for hydroxylation is 1. The van der Waals surface area contributed by atoms with Crippen LogP contribution in [0.3, 0.4) is 0 Å². The molecule has 1 atom stereocenters. The lowest BCUT2D eigenvalue weighted by atomic mass is 10.2. The summed E-state index contributed by atoms with van der Waals surface area (Å²) in [6.45, 7) is 5.77. The number of halogens is 2. The van der Waals surface area contributed by atoms with E-state index >= 15 is 0 Å². The highest BCUT2D eigenvalue weighted by molar-refractivity contribution is 7.80. The minimum atomic E-state index is -0.311. The third kappa shape index (κ3) is 4.13. The predicted molar refractivity (Wildman–Crippen MR) is 98.7 cm³/mol. The Hall–Kier alpha value is -1.29. The highest BCUT2D eigenvalue weighted by atomic mass is 35.5. The second-order valence-electron chi connectivity index (χ2n) is 5.10. The van der Waals surface area contributed by atoms with Gasteiger partial charge in [-0.05, 0) is 50.6 Å². The van der Waals surface area contributed by atoms with E-state index in [-0.39, 0.29) is 6.10 Å². The number of nitrogens with one attached hydrogen (secondary N) is 1. The van der Waals surface area contributed by atoms with Crippen LogP contribution in [0.5, 0.6) is 5.75 Å². The second kappa shape index (κ2) is 7.32. The summed E-state index contributed by atoms with van der Waals surface area (Å²) >= 11 is 17.7. The van der Waals surface area contributed by atoms with Crippen LogP contribution in [0.2, 0.25) is 10.0 Å². The highest BCUT2D eigenvalue weighted by Gasteiger charge is 2.15. The van der Waals surface area contributed by atoms with Crippen LogP contribution in [0.25, 0.3) is 0 Å². The fourth-order valence-corrected chi connectivity index (χ4v) is 2.43. The molecule has 0 saturated heterocycles. The maximum Gasteiger partial charge on any atom is 0.146 e. The van der Waals surface area contributed by atoms with Crippen molar-refractivity contribution in [3.05, 3.63) is 57.6 Å². The van der Waals surface area contributed by atoms with Crippen molar-refractivity contribution in [3.8, 4) is 5.75 Å². The van der Waals surface area contributed by atoms with Crippen LogP contribution in [0.1, 0.15) is 18.1 Å². The van der Waals surface area contributed by atoms with E-state index in [1.165, 1.54) is 5.56 Å². The molecule has 22 heavy (non-hydrogen) atoms. The van der Waals surface area contributed by atoms with Crippen LogP contribution in [0, 0.1) is 13.8 Å². The molecule has 1 unspecified atom stereocenters. The van der Waals surface area contributed by atoms with Gasteiger partial charge in [0, 0.05) is 10.7 Å². The van der Waals surface area contributed by atoms with Gasteiger partial charge < -0.3 is 10.1 Å². The van der Waals surface area contributed by atoms with Crippen LogP contribution in [0.15, 0.2) is 36.4 Å². The van der Waals surface area contributed by atoms with Crippen LogP contribution >= 0.6 is 35.4 Å². The van der Waals surface area contributed by atoms with Gasteiger partial charge in [0.05, 0.1) is 5.02 Å². The Kier molecular flexibility index (Phi) is 5.68. The Morgan fingerprint density at radius 2 is 1.73 bits per heavy atom. The van der Waals surface area contributed by atoms with E-state index in [0.717, 1.165) is 11.3 Å². The number of ether oxygens (including phenoxy) is 1. The SMILES string of the molecule is Cc1ccc(NC(=S)C(C)Oc2ccc(Cl)c(C)c2Cl)cc1. The van der Waals surface area contributed by atoms with Crippen molar-refractivity contribution in [3.63, 3.8) is 0 Å². The van der Waals surface area contributed by atoms with Crippen molar-refractivity contribution in [2.75, 3.05) is 5.32 Å². The maximum atomic E-state index is 6.25. The summed E-state index contributed by atoms with van der Waals surface area (Å²) in [5.74, 6) is 0.573. The normalized spacial score (nSPS) is 11.9. The first-order valence-electron chi connectivity index (χ1n) is 6.87. The summed E-state index contributed by atoms with van der Waals surface area (Å²) in [5, 5.41) is 4.30. The van der Waals surface area contributed by atoms with Crippen molar-refractivity contribution >= 4 is 46.1 Å². The molecule has 0 saturated carbocycles. The highest BCUT2D eigenvalue weighted by Crippen LogP contribution is 2.33. The second-order valence-corrected chi connectivity index (χ2v) is 6.32. The van der Waals surface area contributed by atoms with E-state index in [4.69, 9.17) is 40.2 Å². The summed E-state index contributed by atoms with van der Waals surface area (Å²) in [6.07, 6.45) is -0.311. The van der Waals surface area contributed by atoms with Crippen molar-refractivity contribution in [1.29, 1.82) is 0 Å². The molecule has 0 spiro atoms. The molecule has 0 heterocycles. The quantitative estimate of drug-likeness (QED) is 0.700. The molecule has 0 amide bonds. The molecule has 2 nitrogen and oxygen atoms in total. The zero-order chi connectivity index (χ0) is 16.3. The minimum Gasteiger partial charge on any atom is -0.482 e. The number of anilines is 1. The van der Waals surface area contributed by atoms with Crippen LogP contribution in [-0.2, 0) is 0 Å². The van der Waals surface area contributed by atoms with Crippen LogP contribution in [-0.4, -0.2) is 11.1 Å². The average Bonchev–Trinajstić information content (AvgIpc) is 2.50. The summed E-state index contributed by atoms with van der Waals surface area (Å²) in [7, 11) is 0. The van der Waals surface area contributed by atoms with E-state index in [1.54, 1.807) is 12.1 Å². The molecule has 0 aromatic heterocycles. The van der Waals surface area contributed by atoms with Gasteiger partial charge in [0.15, 0.2) is 0 Å². The average molecular weight is 354 g/mol. The number of thiocarbonyl (C=S) groups is 1. The van der Waals surface area contributed by atoms with Crippen molar-refractivity contribution in [1.82, 2.24) is 0 Å². The van der Waals surface area contributed by atoms with Gasteiger partial charge in [0.2, 0.25) is 0 Å².